The average Bonchev–Trinajstić information content (AvgIpc) is 2.79. The number of halogens is 1. The maximum Gasteiger partial charge on any atom is 0.227 e. The fraction of sp³-hybridized carbons (Fsp3) is 0.273. The van der Waals surface area contributed by atoms with Gasteiger partial charge in [0, 0.05) is 38.9 Å². The molecule has 3 aromatic rings. The van der Waals surface area contributed by atoms with Gasteiger partial charge in [0.15, 0.2) is 0 Å². The second-order valence-corrected chi connectivity index (χ2v) is 6.87. The van der Waals surface area contributed by atoms with Crippen molar-refractivity contribution in [3.05, 3.63) is 72.2 Å². The number of piperazine rings is 1. The normalized spacial score (nSPS) is 14.0. The number of ether oxygens (including phenoxy) is 1. The smallest absolute Gasteiger partial charge is 0.227 e. The van der Waals surface area contributed by atoms with Gasteiger partial charge in [-0.3, -0.25) is 0 Å². The van der Waals surface area contributed by atoms with Crippen molar-refractivity contribution < 1.29 is 9.13 Å². The Kier molecular flexibility index (Phi) is 5.74. The third kappa shape index (κ3) is 4.56. The van der Waals surface area contributed by atoms with Crippen molar-refractivity contribution in [3.8, 4) is 5.75 Å². The van der Waals surface area contributed by atoms with Gasteiger partial charge < -0.3 is 19.9 Å². The largest absolute Gasteiger partial charge is 0.497 e. The zero-order chi connectivity index (χ0) is 20.1. The van der Waals surface area contributed by atoms with E-state index < -0.39 is 0 Å². The SMILES string of the molecule is COc1ccc(CNc2ccnc(N3CCN(c4ccccc4F)CC3)n2)cc1. The number of hydrogen-bond donors (Lipinski definition) is 1. The Morgan fingerprint density at radius 2 is 1.69 bits per heavy atom. The molecular weight excluding hydrogens is 369 g/mol. The van der Waals surface area contributed by atoms with Crippen molar-refractivity contribution in [2.75, 3.05) is 48.4 Å². The third-order valence-electron chi connectivity index (χ3n) is 5.03. The molecule has 0 unspecified atom stereocenters. The molecule has 2 aromatic carbocycles. The number of hydrogen-bond acceptors (Lipinski definition) is 6. The minimum atomic E-state index is -0.179. The molecule has 0 bridgehead atoms. The lowest BCUT2D eigenvalue weighted by Crippen LogP contribution is -2.47. The van der Waals surface area contributed by atoms with Gasteiger partial charge in [0.25, 0.3) is 0 Å². The minimum Gasteiger partial charge on any atom is -0.497 e. The summed E-state index contributed by atoms with van der Waals surface area (Å²) < 4.78 is 19.2. The highest BCUT2D eigenvalue weighted by Crippen LogP contribution is 2.22. The summed E-state index contributed by atoms with van der Waals surface area (Å²) in [5.74, 6) is 2.13. The van der Waals surface area contributed by atoms with Gasteiger partial charge in [0.05, 0.1) is 12.8 Å². The second kappa shape index (κ2) is 8.77. The monoisotopic (exact) mass is 393 g/mol. The van der Waals surface area contributed by atoms with Crippen LogP contribution in [0.5, 0.6) is 5.75 Å². The lowest BCUT2D eigenvalue weighted by molar-refractivity contribution is 0.414. The lowest BCUT2D eigenvalue weighted by Gasteiger charge is -2.36. The Labute approximate surface area is 170 Å². The minimum absolute atomic E-state index is 0.179. The molecular formula is C22H24FN5O. The summed E-state index contributed by atoms with van der Waals surface area (Å²) in [6.45, 7) is 3.62. The number of nitrogens with zero attached hydrogens (tertiary/aromatic N) is 4. The molecule has 4 rings (SSSR count). The summed E-state index contributed by atoms with van der Waals surface area (Å²) in [6, 6.07) is 16.7. The molecule has 1 aliphatic rings. The highest BCUT2D eigenvalue weighted by molar-refractivity contribution is 5.50. The van der Waals surface area contributed by atoms with Crippen molar-refractivity contribution >= 4 is 17.5 Å². The fourth-order valence-electron chi connectivity index (χ4n) is 3.39. The number of para-hydroxylation sites is 1. The lowest BCUT2D eigenvalue weighted by atomic mass is 10.2. The maximum absolute atomic E-state index is 14.0. The fourth-order valence-corrected chi connectivity index (χ4v) is 3.39. The Morgan fingerprint density at radius 3 is 2.41 bits per heavy atom. The summed E-state index contributed by atoms with van der Waals surface area (Å²) in [4.78, 5) is 13.3. The summed E-state index contributed by atoms with van der Waals surface area (Å²) in [5.41, 5.74) is 1.80. The number of aromatic nitrogens is 2. The maximum atomic E-state index is 14.0. The van der Waals surface area contributed by atoms with E-state index in [0.29, 0.717) is 18.2 Å². The second-order valence-electron chi connectivity index (χ2n) is 6.87. The summed E-state index contributed by atoms with van der Waals surface area (Å²) in [6.07, 6.45) is 1.77. The quantitative estimate of drug-likeness (QED) is 0.691. The van der Waals surface area contributed by atoms with Crippen LogP contribution in [0.4, 0.5) is 21.8 Å². The molecule has 0 atom stereocenters. The molecule has 1 aliphatic heterocycles. The number of methoxy groups -OCH3 is 1. The summed E-state index contributed by atoms with van der Waals surface area (Å²) in [7, 11) is 1.66. The predicted molar refractivity (Wildman–Crippen MR) is 113 cm³/mol. The zero-order valence-electron chi connectivity index (χ0n) is 16.4. The van der Waals surface area contributed by atoms with E-state index in [1.165, 1.54) is 6.07 Å². The van der Waals surface area contributed by atoms with Crippen LogP contribution >= 0.6 is 0 Å². The van der Waals surface area contributed by atoms with Crippen LogP contribution in [-0.2, 0) is 6.54 Å². The highest BCUT2D eigenvalue weighted by atomic mass is 19.1. The van der Waals surface area contributed by atoms with E-state index in [9.17, 15) is 4.39 Å². The predicted octanol–water partition coefficient (Wildman–Crippen LogP) is 3.56. The van der Waals surface area contributed by atoms with Crippen LogP contribution in [0.25, 0.3) is 0 Å². The van der Waals surface area contributed by atoms with Gasteiger partial charge in [-0.25, -0.2) is 9.37 Å². The molecule has 29 heavy (non-hydrogen) atoms. The first-order chi connectivity index (χ1) is 14.2. The van der Waals surface area contributed by atoms with Crippen LogP contribution in [0, 0.1) is 5.82 Å². The molecule has 1 fully saturated rings. The van der Waals surface area contributed by atoms with Gasteiger partial charge >= 0.3 is 0 Å². The topological polar surface area (TPSA) is 53.5 Å². The van der Waals surface area contributed by atoms with E-state index in [1.54, 1.807) is 19.4 Å². The molecule has 6 nitrogen and oxygen atoms in total. The van der Waals surface area contributed by atoms with E-state index in [1.807, 2.05) is 42.5 Å². The molecule has 150 valence electrons. The third-order valence-corrected chi connectivity index (χ3v) is 5.03. The van der Waals surface area contributed by atoms with Crippen LogP contribution in [0.2, 0.25) is 0 Å². The summed E-state index contributed by atoms with van der Waals surface area (Å²) >= 11 is 0. The van der Waals surface area contributed by atoms with Gasteiger partial charge in [0.2, 0.25) is 5.95 Å². The van der Waals surface area contributed by atoms with Crippen molar-refractivity contribution in [1.29, 1.82) is 0 Å². The van der Waals surface area contributed by atoms with Gasteiger partial charge in [-0.1, -0.05) is 24.3 Å². The summed E-state index contributed by atoms with van der Waals surface area (Å²) in [5, 5.41) is 3.34. The number of nitrogens with one attached hydrogen (secondary N) is 1. The Balaban J connectivity index is 1.36. The first kappa shape index (κ1) is 19.0. The van der Waals surface area contributed by atoms with E-state index >= 15 is 0 Å². The van der Waals surface area contributed by atoms with Crippen LogP contribution in [0.1, 0.15) is 5.56 Å². The molecule has 1 aromatic heterocycles. The zero-order valence-corrected chi connectivity index (χ0v) is 16.4. The van der Waals surface area contributed by atoms with Crippen LogP contribution < -0.4 is 19.9 Å². The van der Waals surface area contributed by atoms with E-state index in [0.717, 1.165) is 43.3 Å². The van der Waals surface area contributed by atoms with Gasteiger partial charge in [0.1, 0.15) is 17.4 Å². The van der Waals surface area contributed by atoms with Crippen LogP contribution in [0.15, 0.2) is 60.8 Å². The molecule has 0 amide bonds. The number of rotatable bonds is 6. The van der Waals surface area contributed by atoms with Gasteiger partial charge in [-0.2, -0.15) is 4.98 Å². The standard InChI is InChI=1S/C22H24FN5O/c1-29-18-8-6-17(7-9-18)16-25-21-10-11-24-22(26-21)28-14-12-27(13-15-28)20-5-3-2-4-19(20)23/h2-11H,12-16H2,1H3,(H,24,25,26). The van der Waals surface area contributed by atoms with Gasteiger partial charge in [-0.15, -0.1) is 0 Å². The van der Waals surface area contributed by atoms with Gasteiger partial charge in [-0.05, 0) is 35.9 Å². The molecule has 0 spiro atoms. The molecule has 1 N–H and O–H groups in total. The van der Waals surface area contributed by atoms with Crippen molar-refractivity contribution in [2.45, 2.75) is 6.54 Å². The number of benzene rings is 2. The van der Waals surface area contributed by atoms with Crippen LogP contribution in [-0.4, -0.2) is 43.3 Å². The molecule has 0 radical (unpaired) electrons. The Hall–Kier alpha value is -3.35. The highest BCUT2D eigenvalue weighted by Gasteiger charge is 2.21. The van der Waals surface area contributed by atoms with E-state index in [2.05, 4.69) is 25.1 Å². The Bertz CT molecular complexity index is 942. The van der Waals surface area contributed by atoms with E-state index in [-0.39, 0.29) is 5.82 Å². The molecule has 1 saturated heterocycles. The Morgan fingerprint density at radius 1 is 0.966 bits per heavy atom. The van der Waals surface area contributed by atoms with E-state index in [4.69, 9.17) is 4.74 Å². The van der Waals surface area contributed by atoms with Crippen molar-refractivity contribution in [1.82, 2.24) is 9.97 Å². The molecule has 0 aliphatic carbocycles. The van der Waals surface area contributed by atoms with Crippen molar-refractivity contribution in [2.24, 2.45) is 0 Å². The first-order valence-electron chi connectivity index (χ1n) is 9.67. The molecule has 2 heterocycles. The number of anilines is 3. The molecule has 7 heteroatoms. The van der Waals surface area contributed by atoms with Crippen molar-refractivity contribution in [3.63, 3.8) is 0 Å². The average molecular weight is 393 g/mol. The van der Waals surface area contributed by atoms with Crippen LogP contribution in [0.3, 0.4) is 0 Å². The first-order valence-corrected chi connectivity index (χ1v) is 9.67. The molecule has 0 saturated carbocycles.